The predicted molar refractivity (Wildman–Crippen MR) is 146 cm³/mol. The molecular formula is C27H40N6O4. The molecule has 0 spiro atoms. The van der Waals surface area contributed by atoms with Crippen LogP contribution in [0.4, 0.5) is 22.2 Å². The van der Waals surface area contributed by atoms with Crippen LogP contribution in [0.15, 0.2) is 30.5 Å². The fraction of sp³-hybridized carbons (Fsp3) is 0.556. The highest BCUT2D eigenvalue weighted by Crippen LogP contribution is 2.28. The molecule has 0 unspecified atom stereocenters. The molecule has 1 aliphatic heterocycles. The number of benzene rings is 1. The minimum Gasteiger partial charge on any atom is -0.410 e. The highest BCUT2D eigenvalue weighted by atomic mass is 16.6. The largest absolute Gasteiger partial charge is 0.415 e. The second kappa shape index (κ2) is 13.2. The van der Waals surface area contributed by atoms with E-state index in [1.54, 1.807) is 22.9 Å². The second-order valence-electron chi connectivity index (χ2n) is 9.42. The maximum absolute atomic E-state index is 12.4. The normalized spacial score (nSPS) is 14.3. The summed E-state index contributed by atoms with van der Waals surface area (Å²) in [6.45, 7) is 15.4. The molecule has 1 aliphatic rings. The Hall–Kier alpha value is -3.40. The van der Waals surface area contributed by atoms with Crippen LogP contribution in [0.25, 0.3) is 0 Å². The van der Waals surface area contributed by atoms with Crippen LogP contribution in [0.1, 0.15) is 47.1 Å². The first kappa shape index (κ1) is 28.2. The highest BCUT2D eigenvalue weighted by molar-refractivity contribution is 5.95. The summed E-state index contributed by atoms with van der Waals surface area (Å²) < 4.78 is 10.8. The quantitative estimate of drug-likeness (QED) is 0.511. The number of carbonyl (C=O) groups is 2. The number of rotatable bonds is 10. The van der Waals surface area contributed by atoms with E-state index in [9.17, 15) is 9.59 Å². The van der Waals surface area contributed by atoms with Gasteiger partial charge in [0.25, 0.3) is 0 Å². The van der Waals surface area contributed by atoms with E-state index in [2.05, 4.69) is 36.0 Å². The summed E-state index contributed by atoms with van der Waals surface area (Å²) in [5.74, 6) is 1.70. The van der Waals surface area contributed by atoms with E-state index in [4.69, 9.17) is 14.5 Å². The molecule has 1 N–H and O–H groups in total. The Morgan fingerprint density at radius 2 is 1.76 bits per heavy atom. The standard InChI is InChI=1S/C27H40N6O4/c1-7-31(8-2)26-28-18-24(33(19(3)4)21(6)34)25(30-26)29-20(5)17-22-9-11-23(12-10-22)37-27(35)32-13-15-36-16-14-32/h9-12,18-20H,7-8,13-17H2,1-6H3,(H,28,29,30)/t20-/m1/s1. The first-order valence-corrected chi connectivity index (χ1v) is 13.0. The molecule has 3 rings (SSSR count). The van der Waals surface area contributed by atoms with Crippen LogP contribution in [-0.2, 0) is 16.0 Å². The summed E-state index contributed by atoms with van der Waals surface area (Å²) in [5, 5.41) is 3.51. The molecule has 10 nitrogen and oxygen atoms in total. The van der Waals surface area contributed by atoms with E-state index in [1.807, 2.05) is 38.1 Å². The third-order valence-corrected chi connectivity index (χ3v) is 6.24. The molecule has 0 bridgehead atoms. The Morgan fingerprint density at radius 1 is 1.11 bits per heavy atom. The second-order valence-corrected chi connectivity index (χ2v) is 9.42. The van der Waals surface area contributed by atoms with Crippen molar-refractivity contribution in [2.24, 2.45) is 0 Å². The number of hydrogen-bond acceptors (Lipinski definition) is 8. The van der Waals surface area contributed by atoms with E-state index in [0.29, 0.717) is 55.9 Å². The van der Waals surface area contributed by atoms with Gasteiger partial charge in [0.05, 0.1) is 19.4 Å². The van der Waals surface area contributed by atoms with Crippen LogP contribution >= 0.6 is 0 Å². The summed E-state index contributed by atoms with van der Waals surface area (Å²) in [7, 11) is 0. The van der Waals surface area contributed by atoms with Crippen molar-refractivity contribution in [1.82, 2.24) is 14.9 Å². The van der Waals surface area contributed by atoms with Gasteiger partial charge in [-0.25, -0.2) is 9.78 Å². The Morgan fingerprint density at radius 3 is 2.32 bits per heavy atom. The molecule has 0 saturated carbocycles. The molecule has 1 aromatic heterocycles. The third-order valence-electron chi connectivity index (χ3n) is 6.24. The van der Waals surface area contributed by atoms with E-state index in [0.717, 1.165) is 18.7 Å². The zero-order chi connectivity index (χ0) is 26.9. The molecule has 2 aromatic rings. The van der Waals surface area contributed by atoms with Crippen LogP contribution in [0, 0.1) is 0 Å². The van der Waals surface area contributed by atoms with E-state index >= 15 is 0 Å². The van der Waals surface area contributed by atoms with Gasteiger partial charge in [-0.2, -0.15) is 4.98 Å². The van der Waals surface area contributed by atoms with Gasteiger partial charge in [0.1, 0.15) is 11.4 Å². The fourth-order valence-electron chi connectivity index (χ4n) is 4.36. The topological polar surface area (TPSA) is 100 Å². The van der Waals surface area contributed by atoms with Gasteiger partial charge in [-0.3, -0.25) is 4.79 Å². The molecule has 202 valence electrons. The number of carbonyl (C=O) groups excluding carboxylic acids is 2. The number of amides is 2. The molecule has 2 amide bonds. The van der Waals surface area contributed by atoms with Crippen molar-refractivity contribution in [1.29, 1.82) is 0 Å². The number of anilines is 3. The van der Waals surface area contributed by atoms with Crippen molar-refractivity contribution < 1.29 is 19.1 Å². The Labute approximate surface area is 220 Å². The van der Waals surface area contributed by atoms with Crippen molar-refractivity contribution in [3.05, 3.63) is 36.0 Å². The number of morpholine rings is 1. The smallest absolute Gasteiger partial charge is 0.410 e. The monoisotopic (exact) mass is 512 g/mol. The van der Waals surface area contributed by atoms with Crippen molar-refractivity contribution in [3.8, 4) is 5.75 Å². The van der Waals surface area contributed by atoms with E-state index < -0.39 is 0 Å². The van der Waals surface area contributed by atoms with Gasteiger partial charge in [-0.15, -0.1) is 0 Å². The van der Waals surface area contributed by atoms with Crippen molar-refractivity contribution in [3.63, 3.8) is 0 Å². The first-order valence-electron chi connectivity index (χ1n) is 13.0. The average molecular weight is 513 g/mol. The molecule has 0 radical (unpaired) electrons. The van der Waals surface area contributed by atoms with Gasteiger partial charge in [0, 0.05) is 45.2 Å². The molecule has 1 fully saturated rings. The molecule has 1 atom stereocenters. The van der Waals surface area contributed by atoms with Gasteiger partial charge < -0.3 is 29.5 Å². The van der Waals surface area contributed by atoms with Crippen LogP contribution in [-0.4, -0.2) is 78.3 Å². The first-order chi connectivity index (χ1) is 17.7. The number of hydrogen-bond donors (Lipinski definition) is 1. The predicted octanol–water partition coefficient (Wildman–Crippen LogP) is 3.96. The van der Waals surface area contributed by atoms with Crippen molar-refractivity contribution >= 4 is 29.5 Å². The fourth-order valence-corrected chi connectivity index (χ4v) is 4.36. The average Bonchev–Trinajstić information content (AvgIpc) is 2.87. The lowest BCUT2D eigenvalue weighted by Crippen LogP contribution is -2.42. The Bertz CT molecular complexity index is 1040. The molecule has 1 aromatic carbocycles. The number of nitrogens with one attached hydrogen (secondary N) is 1. The molecule has 37 heavy (non-hydrogen) atoms. The summed E-state index contributed by atoms with van der Waals surface area (Å²) in [5.41, 5.74) is 1.74. The van der Waals surface area contributed by atoms with Crippen LogP contribution in [0.3, 0.4) is 0 Å². The van der Waals surface area contributed by atoms with E-state index in [1.165, 1.54) is 0 Å². The zero-order valence-corrected chi connectivity index (χ0v) is 22.9. The number of nitrogens with zero attached hydrogens (tertiary/aromatic N) is 5. The molecule has 10 heteroatoms. The molecular weight excluding hydrogens is 472 g/mol. The third kappa shape index (κ3) is 7.55. The lowest BCUT2D eigenvalue weighted by atomic mass is 10.1. The van der Waals surface area contributed by atoms with Gasteiger partial charge in [-0.05, 0) is 58.7 Å². The van der Waals surface area contributed by atoms with Crippen molar-refractivity contribution in [2.75, 3.05) is 54.5 Å². The molecule has 2 heterocycles. The molecule has 1 saturated heterocycles. The van der Waals surface area contributed by atoms with Gasteiger partial charge in [0.15, 0.2) is 5.82 Å². The summed E-state index contributed by atoms with van der Waals surface area (Å²) in [6, 6.07) is 7.51. The SMILES string of the molecule is CCN(CC)c1ncc(N(C(C)=O)C(C)C)c(N[C@H](C)Cc2ccc(OC(=O)N3CCOCC3)cc2)n1. The highest BCUT2D eigenvalue weighted by Gasteiger charge is 2.23. The minimum absolute atomic E-state index is 0.0147. The maximum atomic E-state index is 12.4. The summed E-state index contributed by atoms with van der Waals surface area (Å²) >= 11 is 0. The lowest BCUT2D eigenvalue weighted by Gasteiger charge is -2.29. The Kier molecular flexibility index (Phi) is 10.1. The van der Waals surface area contributed by atoms with Crippen molar-refractivity contribution in [2.45, 2.75) is 60.0 Å². The summed E-state index contributed by atoms with van der Waals surface area (Å²) in [6.07, 6.45) is 2.09. The van der Waals surface area contributed by atoms with E-state index in [-0.39, 0.29) is 24.1 Å². The maximum Gasteiger partial charge on any atom is 0.415 e. The summed E-state index contributed by atoms with van der Waals surface area (Å²) in [4.78, 5) is 39.6. The van der Waals surface area contributed by atoms with Gasteiger partial charge in [0.2, 0.25) is 11.9 Å². The van der Waals surface area contributed by atoms with Gasteiger partial charge in [-0.1, -0.05) is 12.1 Å². The number of aromatic nitrogens is 2. The number of ether oxygens (including phenoxy) is 2. The zero-order valence-electron chi connectivity index (χ0n) is 22.9. The Balaban J connectivity index is 1.73. The molecule has 0 aliphatic carbocycles. The van der Waals surface area contributed by atoms with Crippen LogP contribution in [0.2, 0.25) is 0 Å². The van der Waals surface area contributed by atoms with Crippen LogP contribution in [0.5, 0.6) is 5.75 Å². The van der Waals surface area contributed by atoms with Crippen LogP contribution < -0.4 is 19.9 Å². The van der Waals surface area contributed by atoms with Gasteiger partial charge >= 0.3 is 6.09 Å². The lowest BCUT2D eigenvalue weighted by molar-refractivity contribution is -0.116. The minimum atomic E-state index is -0.355.